The predicted octanol–water partition coefficient (Wildman–Crippen LogP) is 5.61. The van der Waals surface area contributed by atoms with E-state index in [0.717, 1.165) is 29.4 Å². The number of hydrogen-bond donors (Lipinski definition) is 1. The second-order valence-corrected chi connectivity index (χ2v) is 7.69. The highest BCUT2D eigenvalue weighted by atomic mass is 35.5. The van der Waals surface area contributed by atoms with E-state index in [1.807, 2.05) is 59.2 Å². The zero-order valence-electron chi connectivity index (χ0n) is 16.1. The molecule has 1 fully saturated rings. The van der Waals surface area contributed by atoms with Crippen molar-refractivity contribution in [2.45, 2.75) is 45.2 Å². The van der Waals surface area contributed by atoms with Crippen LogP contribution in [0.5, 0.6) is 0 Å². The highest BCUT2D eigenvalue weighted by Crippen LogP contribution is 2.33. The molecule has 2 unspecified atom stereocenters. The van der Waals surface area contributed by atoms with Gasteiger partial charge in [0.1, 0.15) is 5.15 Å². The molecule has 4 rings (SSSR count). The zero-order chi connectivity index (χ0) is 19.0. The minimum Gasteiger partial charge on any atom is -0.299 e. The number of nitrogens with zero attached hydrogens (tertiary/aromatic N) is 2. The van der Waals surface area contributed by atoms with Gasteiger partial charge in [0.25, 0.3) is 5.91 Å². The van der Waals surface area contributed by atoms with Gasteiger partial charge in [-0.25, -0.2) is 5.01 Å². The Hall–Kier alpha value is -2.01. The van der Waals surface area contributed by atoms with Crippen LogP contribution >= 0.6 is 24.0 Å². The summed E-state index contributed by atoms with van der Waals surface area (Å²) in [7, 11) is 0. The van der Waals surface area contributed by atoms with Crippen molar-refractivity contribution in [1.29, 1.82) is 0 Å². The highest BCUT2D eigenvalue weighted by molar-refractivity contribution is 6.36. The summed E-state index contributed by atoms with van der Waals surface area (Å²) in [6, 6.07) is 18.4. The molecule has 1 aliphatic heterocycles. The van der Waals surface area contributed by atoms with E-state index >= 15 is 0 Å². The normalized spacial score (nSPS) is 20.0. The van der Waals surface area contributed by atoms with E-state index in [-0.39, 0.29) is 18.3 Å². The molecular formula is C22H25Cl2N3O. The van der Waals surface area contributed by atoms with Crippen LogP contribution in [0.1, 0.15) is 43.5 Å². The quantitative estimate of drug-likeness (QED) is 0.600. The van der Waals surface area contributed by atoms with Crippen molar-refractivity contribution in [1.82, 2.24) is 15.0 Å². The second-order valence-electron chi connectivity index (χ2n) is 7.33. The summed E-state index contributed by atoms with van der Waals surface area (Å²) in [6.07, 6.45) is 3.37. The Kier molecular flexibility index (Phi) is 6.33. The van der Waals surface area contributed by atoms with Crippen molar-refractivity contribution in [2.75, 3.05) is 0 Å². The number of halogens is 2. The van der Waals surface area contributed by atoms with Crippen molar-refractivity contribution < 1.29 is 4.79 Å². The fourth-order valence-electron chi connectivity index (χ4n) is 4.07. The molecule has 3 aromatic rings. The third-order valence-corrected chi connectivity index (χ3v) is 5.84. The van der Waals surface area contributed by atoms with E-state index in [1.165, 1.54) is 6.42 Å². The maximum absolute atomic E-state index is 13.2. The molecule has 1 aliphatic rings. The lowest BCUT2D eigenvalue weighted by molar-refractivity contribution is 0.0371. The monoisotopic (exact) mass is 417 g/mol. The standard InChI is InChI=1S/C22H24ClN3O.ClH/c1-15-9-8-10-16(2)26(15)24-22(27)20-18-13-6-7-14-19(18)25(21(20)23)17-11-4-3-5-12-17;/h3-7,11-16H,8-10H2,1-2H3,(H,24,27);1H. The Labute approximate surface area is 176 Å². The smallest absolute Gasteiger partial charge is 0.269 e. The Morgan fingerprint density at radius 3 is 2.29 bits per heavy atom. The van der Waals surface area contributed by atoms with Gasteiger partial charge in [0.15, 0.2) is 0 Å². The number of benzene rings is 2. The van der Waals surface area contributed by atoms with Gasteiger partial charge in [-0.3, -0.25) is 14.8 Å². The Morgan fingerprint density at radius 2 is 1.61 bits per heavy atom. The lowest BCUT2D eigenvalue weighted by atomic mass is 10.00. The Balaban J connectivity index is 0.00000225. The minimum absolute atomic E-state index is 0. The number of para-hydroxylation sites is 2. The first-order valence-corrected chi connectivity index (χ1v) is 9.89. The van der Waals surface area contributed by atoms with Crippen LogP contribution < -0.4 is 5.43 Å². The van der Waals surface area contributed by atoms with E-state index in [0.29, 0.717) is 22.8 Å². The number of fused-ring (bicyclic) bond motifs is 1. The summed E-state index contributed by atoms with van der Waals surface area (Å²) in [4.78, 5) is 13.2. The molecule has 0 spiro atoms. The SMILES string of the molecule is CC1CCCC(C)N1NC(=O)c1c(Cl)n(-c2ccccc2)c2ccccc12.Cl. The van der Waals surface area contributed by atoms with E-state index < -0.39 is 0 Å². The van der Waals surface area contributed by atoms with E-state index in [9.17, 15) is 4.79 Å². The third-order valence-electron chi connectivity index (χ3n) is 5.48. The van der Waals surface area contributed by atoms with Crippen LogP contribution in [0.15, 0.2) is 54.6 Å². The second kappa shape index (κ2) is 8.56. The molecule has 2 heterocycles. The summed E-state index contributed by atoms with van der Waals surface area (Å²) >= 11 is 6.76. The summed E-state index contributed by atoms with van der Waals surface area (Å²) in [5, 5.41) is 3.38. The molecular weight excluding hydrogens is 393 g/mol. The molecule has 0 bridgehead atoms. The molecule has 28 heavy (non-hydrogen) atoms. The van der Waals surface area contributed by atoms with Gasteiger partial charge in [-0.15, -0.1) is 12.4 Å². The number of piperidine rings is 1. The van der Waals surface area contributed by atoms with Gasteiger partial charge >= 0.3 is 0 Å². The minimum atomic E-state index is -0.147. The number of hydrazine groups is 1. The van der Waals surface area contributed by atoms with Gasteiger partial charge in [0.2, 0.25) is 0 Å². The van der Waals surface area contributed by atoms with Gasteiger partial charge < -0.3 is 0 Å². The molecule has 2 atom stereocenters. The third kappa shape index (κ3) is 3.64. The van der Waals surface area contributed by atoms with E-state index in [4.69, 9.17) is 11.6 Å². The molecule has 148 valence electrons. The number of amides is 1. The molecule has 0 saturated carbocycles. The predicted molar refractivity (Wildman–Crippen MR) is 118 cm³/mol. The maximum atomic E-state index is 13.2. The van der Waals surface area contributed by atoms with Crippen molar-refractivity contribution in [2.24, 2.45) is 0 Å². The van der Waals surface area contributed by atoms with Crippen LogP contribution in [0.2, 0.25) is 5.15 Å². The van der Waals surface area contributed by atoms with Gasteiger partial charge in [-0.05, 0) is 44.9 Å². The molecule has 2 aromatic carbocycles. The summed E-state index contributed by atoms with van der Waals surface area (Å²) in [5.41, 5.74) is 5.53. The van der Waals surface area contributed by atoms with Crippen molar-refractivity contribution in [3.05, 3.63) is 65.3 Å². The first-order chi connectivity index (χ1) is 13.1. The molecule has 1 amide bonds. The molecule has 0 aliphatic carbocycles. The number of aromatic nitrogens is 1. The zero-order valence-corrected chi connectivity index (χ0v) is 17.6. The van der Waals surface area contributed by atoms with Gasteiger partial charge in [0.05, 0.1) is 11.1 Å². The van der Waals surface area contributed by atoms with Crippen LogP contribution in [0.3, 0.4) is 0 Å². The van der Waals surface area contributed by atoms with Crippen LogP contribution in [0, 0.1) is 0 Å². The van der Waals surface area contributed by atoms with Crippen LogP contribution in [0.25, 0.3) is 16.6 Å². The number of hydrogen-bond acceptors (Lipinski definition) is 2. The first kappa shape index (κ1) is 20.7. The molecule has 0 radical (unpaired) electrons. The fourth-order valence-corrected chi connectivity index (χ4v) is 4.45. The van der Waals surface area contributed by atoms with Gasteiger partial charge in [0, 0.05) is 23.2 Å². The van der Waals surface area contributed by atoms with Crippen molar-refractivity contribution >= 4 is 40.8 Å². The molecule has 6 heteroatoms. The van der Waals surface area contributed by atoms with Crippen LogP contribution in [-0.2, 0) is 0 Å². The van der Waals surface area contributed by atoms with Gasteiger partial charge in [-0.2, -0.15) is 0 Å². The highest BCUT2D eigenvalue weighted by Gasteiger charge is 2.29. The van der Waals surface area contributed by atoms with Crippen molar-refractivity contribution in [3.63, 3.8) is 0 Å². The summed E-state index contributed by atoms with van der Waals surface area (Å²) in [6.45, 7) is 4.32. The average molecular weight is 418 g/mol. The maximum Gasteiger partial charge on any atom is 0.269 e. The summed E-state index contributed by atoms with van der Waals surface area (Å²) < 4.78 is 1.94. The number of nitrogens with one attached hydrogen (secondary N) is 1. The number of rotatable bonds is 3. The largest absolute Gasteiger partial charge is 0.299 e. The Morgan fingerprint density at radius 1 is 1.00 bits per heavy atom. The molecule has 1 saturated heterocycles. The van der Waals surface area contributed by atoms with Gasteiger partial charge in [-0.1, -0.05) is 54.4 Å². The van der Waals surface area contributed by atoms with E-state index in [1.54, 1.807) is 0 Å². The lowest BCUT2D eigenvalue weighted by Gasteiger charge is -2.38. The van der Waals surface area contributed by atoms with Crippen LogP contribution in [-0.4, -0.2) is 27.6 Å². The van der Waals surface area contributed by atoms with Crippen LogP contribution in [0.4, 0.5) is 0 Å². The molecule has 4 nitrogen and oxygen atoms in total. The Bertz CT molecular complexity index is 961. The van der Waals surface area contributed by atoms with E-state index in [2.05, 4.69) is 24.3 Å². The lowest BCUT2D eigenvalue weighted by Crippen LogP contribution is -2.54. The van der Waals surface area contributed by atoms with Crippen molar-refractivity contribution in [3.8, 4) is 5.69 Å². The number of carbonyl (C=O) groups excluding carboxylic acids is 1. The average Bonchev–Trinajstić information content (AvgIpc) is 2.97. The molecule has 1 N–H and O–H groups in total. The molecule has 1 aromatic heterocycles. The fraction of sp³-hybridized carbons (Fsp3) is 0.318. The number of carbonyl (C=O) groups is 1. The summed E-state index contributed by atoms with van der Waals surface area (Å²) in [5.74, 6) is -0.147. The first-order valence-electron chi connectivity index (χ1n) is 9.51. The topological polar surface area (TPSA) is 37.3 Å².